The molecule has 0 spiro atoms. The van der Waals surface area contributed by atoms with Gasteiger partial charge in [-0.3, -0.25) is 4.79 Å². The van der Waals surface area contributed by atoms with Crippen LogP contribution < -0.4 is 5.32 Å². The van der Waals surface area contributed by atoms with Crippen molar-refractivity contribution < 1.29 is 14.7 Å². The lowest BCUT2D eigenvalue weighted by atomic mass is 10.0. The third kappa shape index (κ3) is 3.94. The Hall–Kier alpha value is -1.08. The highest BCUT2D eigenvalue weighted by molar-refractivity contribution is 8.00. The normalized spacial score (nSPS) is 11.3. The Morgan fingerprint density at radius 1 is 1.47 bits per heavy atom. The molecule has 106 valence electrons. The second-order valence-corrected chi connectivity index (χ2v) is 6.42. The van der Waals surface area contributed by atoms with E-state index < -0.39 is 5.97 Å². The minimum Gasteiger partial charge on any atom is -0.476 e. The molecule has 0 saturated heterocycles. The smallest absolute Gasteiger partial charge is 0.365 e. The van der Waals surface area contributed by atoms with Crippen LogP contribution in [0, 0.1) is 0 Å². The average molecular weight is 302 g/mol. The Labute approximate surface area is 120 Å². The summed E-state index contributed by atoms with van der Waals surface area (Å²) in [6, 6.07) is 0. The molecule has 2 N–H and O–H groups in total. The molecule has 19 heavy (non-hydrogen) atoms. The number of nitrogens with zero attached hydrogens (tertiary/aromatic N) is 1. The molecule has 0 atom stereocenters. The van der Waals surface area contributed by atoms with E-state index in [-0.39, 0.29) is 15.7 Å². The van der Waals surface area contributed by atoms with Gasteiger partial charge in [-0.1, -0.05) is 13.8 Å². The van der Waals surface area contributed by atoms with Crippen molar-refractivity contribution in [2.75, 3.05) is 12.8 Å². The van der Waals surface area contributed by atoms with E-state index in [0.29, 0.717) is 11.4 Å². The molecule has 1 aromatic rings. The predicted octanol–water partition coefficient (Wildman–Crippen LogP) is 2.49. The summed E-state index contributed by atoms with van der Waals surface area (Å²) < 4.78 is 0.0377. The lowest BCUT2D eigenvalue weighted by Gasteiger charge is -2.29. The summed E-state index contributed by atoms with van der Waals surface area (Å²) in [4.78, 5) is 26.7. The Morgan fingerprint density at radius 2 is 2.11 bits per heavy atom. The first-order valence-electron chi connectivity index (χ1n) is 6.00. The number of carbonyl (C=O) groups excluding carboxylic acids is 1. The summed E-state index contributed by atoms with van der Waals surface area (Å²) in [5.74, 6) is -1.37. The summed E-state index contributed by atoms with van der Waals surface area (Å²) in [6.07, 6.45) is 5.28. The van der Waals surface area contributed by atoms with Gasteiger partial charge in [0.15, 0.2) is 0 Å². The van der Waals surface area contributed by atoms with Gasteiger partial charge in [-0.25, -0.2) is 9.78 Å². The van der Waals surface area contributed by atoms with E-state index in [1.165, 1.54) is 6.20 Å². The maximum Gasteiger partial charge on any atom is 0.365 e. The summed E-state index contributed by atoms with van der Waals surface area (Å²) in [6.45, 7) is 4.77. The number of aromatic nitrogens is 1. The quantitative estimate of drug-likeness (QED) is 0.809. The molecule has 0 fully saturated rings. The molecule has 0 aliphatic heterocycles. The zero-order valence-corrected chi connectivity index (χ0v) is 12.9. The van der Waals surface area contributed by atoms with Crippen molar-refractivity contribution in [1.29, 1.82) is 0 Å². The van der Waals surface area contributed by atoms with Gasteiger partial charge in [-0.15, -0.1) is 11.3 Å². The number of carboxylic acid groups (broad SMARTS) is 1. The van der Waals surface area contributed by atoms with Gasteiger partial charge in [-0.05, 0) is 19.1 Å². The lowest BCUT2D eigenvalue weighted by molar-refractivity contribution is 0.0696. The standard InChI is InChI=1S/C12H18N2O3S2/c1-4-12(5-2,18-3)7-14-9(15)8-6-13-10(19-8)11(16)17/h6H,4-5,7H2,1-3H3,(H,14,15)(H,16,17). The van der Waals surface area contributed by atoms with Crippen LogP contribution in [-0.4, -0.2) is 39.5 Å². The van der Waals surface area contributed by atoms with E-state index in [9.17, 15) is 9.59 Å². The van der Waals surface area contributed by atoms with E-state index in [1.807, 2.05) is 6.26 Å². The second-order valence-electron chi connectivity index (χ2n) is 4.11. The fraction of sp³-hybridized carbons (Fsp3) is 0.583. The largest absolute Gasteiger partial charge is 0.476 e. The molecule has 0 aliphatic rings. The minimum absolute atomic E-state index is 0.0377. The highest BCUT2D eigenvalue weighted by Gasteiger charge is 2.26. The number of aromatic carboxylic acids is 1. The first-order valence-corrected chi connectivity index (χ1v) is 8.04. The van der Waals surface area contributed by atoms with Crippen LogP contribution >= 0.6 is 23.1 Å². The number of carbonyl (C=O) groups is 2. The van der Waals surface area contributed by atoms with Crippen LogP contribution in [0.5, 0.6) is 0 Å². The van der Waals surface area contributed by atoms with Gasteiger partial charge < -0.3 is 10.4 Å². The summed E-state index contributed by atoms with van der Waals surface area (Å²) in [5, 5.41) is 11.6. The van der Waals surface area contributed by atoms with Crippen LogP contribution in [0.3, 0.4) is 0 Å². The van der Waals surface area contributed by atoms with E-state index in [0.717, 1.165) is 24.2 Å². The first kappa shape index (κ1) is 16.0. The molecule has 0 unspecified atom stereocenters. The number of amides is 1. The average Bonchev–Trinajstić information content (AvgIpc) is 2.90. The fourth-order valence-corrected chi connectivity index (χ4v) is 3.13. The van der Waals surface area contributed by atoms with Crippen LogP contribution in [0.25, 0.3) is 0 Å². The van der Waals surface area contributed by atoms with Crippen LogP contribution in [0.15, 0.2) is 6.20 Å². The van der Waals surface area contributed by atoms with Gasteiger partial charge in [0.05, 0.1) is 6.20 Å². The number of carboxylic acids is 1. The molecule has 1 heterocycles. The van der Waals surface area contributed by atoms with Gasteiger partial charge in [0.2, 0.25) is 5.01 Å². The number of rotatable bonds is 7. The maximum absolute atomic E-state index is 11.9. The van der Waals surface area contributed by atoms with Crippen LogP contribution in [0.4, 0.5) is 0 Å². The minimum atomic E-state index is -1.11. The number of hydrogen-bond acceptors (Lipinski definition) is 5. The van der Waals surface area contributed by atoms with Gasteiger partial charge in [0.25, 0.3) is 5.91 Å². The number of thiazole rings is 1. The fourth-order valence-electron chi connectivity index (χ4n) is 1.67. The Balaban J connectivity index is 2.66. The summed E-state index contributed by atoms with van der Waals surface area (Å²) in [5.41, 5.74) is 0. The molecule has 0 aromatic carbocycles. The van der Waals surface area contributed by atoms with Gasteiger partial charge in [-0.2, -0.15) is 11.8 Å². The van der Waals surface area contributed by atoms with Gasteiger partial charge >= 0.3 is 5.97 Å². The highest BCUT2D eigenvalue weighted by Crippen LogP contribution is 2.29. The van der Waals surface area contributed by atoms with Crippen molar-refractivity contribution in [3.05, 3.63) is 16.1 Å². The van der Waals surface area contributed by atoms with Crippen molar-refractivity contribution in [1.82, 2.24) is 10.3 Å². The van der Waals surface area contributed by atoms with Crippen LogP contribution in [-0.2, 0) is 0 Å². The van der Waals surface area contributed by atoms with Crippen LogP contribution in [0.2, 0.25) is 0 Å². The van der Waals surface area contributed by atoms with E-state index in [2.05, 4.69) is 24.1 Å². The topological polar surface area (TPSA) is 79.3 Å². The first-order chi connectivity index (χ1) is 8.98. The molecule has 0 saturated carbocycles. The number of nitrogens with one attached hydrogen (secondary N) is 1. The SMILES string of the molecule is CCC(CC)(CNC(=O)c1cnc(C(=O)O)s1)SC. The van der Waals surface area contributed by atoms with Crippen molar-refractivity contribution in [2.45, 2.75) is 31.4 Å². The van der Waals surface area contributed by atoms with Gasteiger partial charge in [0, 0.05) is 11.3 Å². The van der Waals surface area contributed by atoms with E-state index in [4.69, 9.17) is 5.11 Å². The number of thioether (sulfide) groups is 1. The Bertz CT molecular complexity index is 447. The molecular formula is C12H18N2O3S2. The zero-order valence-electron chi connectivity index (χ0n) is 11.2. The molecule has 0 aliphatic carbocycles. The summed E-state index contributed by atoms with van der Waals surface area (Å²) in [7, 11) is 0. The van der Waals surface area contributed by atoms with Gasteiger partial charge in [0.1, 0.15) is 4.88 Å². The third-order valence-electron chi connectivity index (χ3n) is 3.21. The molecule has 1 aromatic heterocycles. The predicted molar refractivity (Wildman–Crippen MR) is 78.2 cm³/mol. The Kier molecular flexibility index (Phi) is 5.81. The van der Waals surface area contributed by atoms with E-state index >= 15 is 0 Å². The van der Waals surface area contributed by atoms with Crippen molar-refractivity contribution in [2.24, 2.45) is 0 Å². The third-order valence-corrected chi connectivity index (χ3v) is 5.78. The monoisotopic (exact) mass is 302 g/mol. The number of hydrogen-bond donors (Lipinski definition) is 2. The van der Waals surface area contributed by atoms with Crippen molar-refractivity contribution >= 4 is 35.0 Å². The lowest BCUT2D eigenvalue weighted by Crippen LogP contribution is -2.39. The molecule has 0 bridgehead atoms. The second kappa shape index (κ2) is 6.91. The molecular weight excluding hydrogens is 284 g/mol. The van der Waals surface area contributed by atoms with Crippen molar-refractivity contribution in [3.8, 4) is 0 Å². The highest BCUT2D eigenvalue weighted by atomic mass is 32.2. The summed E-state index contributed by atoms with van der Waals surface area (Å²) >= 11 is 2.64. The van der Waals surface area contributed by atoms with Crippen molar-refractivity contribution in [3.63, 3.8) is 0 Å². The van der Waals surface area contributed by atoms with Crippen LogP contribution in [0.1, 0.15) is 46.2 Å². The molecule has 1 rings (SSSR count). The maximum atomic E-state index is 11.9. The molecule has 5 nitrogen and oxygen atoms in total. The van der Waals surface area contributed by atoms with E-state index in [1.54, 1.807) is 11.8 Å². The molecule has 7 heteroatoms. The molecule has 0 radical (unpaired) electrons. The molecule has 1 amide bonds. The zero-order chi connectivity index (χ0) is 14.5. The Morgan fingerprint density at radius 3 is 2.53 bits per heavy atom.